The summed E-state index contributed by atoms with van der Waals surface area (Å²) in [5.74, 6) is 0.392. The summed E-state index contributed by atoms with van der Waals surface area (Å²) in [6.45, 7) is 3.07. The van der Waals surface area contributed by atoms with Crippen molar-refractivity contribution in [1.82, 2.24) is 15.1 Å². The van der Waals surface area contributed by atoms with E-state index in [2.05, 4.69) is 10.4 Å². The summed E-state index contributed by atoms with van der Waals surface area (Å²) in [6, 6.07) is 11.7. The molecule has 0 saturated heterocycles. The first-order valence-corrected chi connectivity index (χ1v) is 6.28. The lowest BCUT2D eigenvalue weighted by Gasteiger charge is -2.20. The van der Waals surface area contributed by atoms with E-state index in [1.165, 1.54) is 0 Å². The van der Waals surface area contributed by atoms with E-state index in [-0.39, 0.29) is 11.9 Å². The zero-order valence-corrected chi connectivity index (χ0v) is 10.7. The van der Waals surface area contributed by atoms with Crippen LogP contribution in [0.3, 0.4) is 0 Å². The molecule has 98 valence electrons. The van der Waals surface area contributed by atoms with Gasteiger partial charge >= 0.3 is 0 Å². The minimum Gasteiger partial charge on any atom is -0.472 e. The lowest BCUT2D eigenvalue weighted by Crippen LogP contribution is -2.38. The summed E-state index contributed by atoms with van der Waals surface area (Å²) in [6.07, 6.45) is 0. The molecule has 2 heterocycles. The van der Waals surface area contributed by atoms with Crippen LogP contribution in [0, 0.1) is 0 Å². The lowest BCUT2D eigenvalue weighted by molar-refractivity contribution is 0.0912. The maximum absolute atomic E-state index is 11.7. The van der Waals surface area contributed by atoms with Crippen molar-refractivity contribution < 1.29 is 9.53 Å². The van der Waals surface area contributed by atoms with Crippen molar-refractivity contribution in [3.63, 3.8) is 0 Å². The van der Waals surface area contributed by atoms with E-state index >= 15 is 0 Å². The molecule has 0 aliphatic carbocycles. The molecular weight excluding hydrogens is 242 g/mol. The summed E-state index contributed by atoms with van der Waals surface area (Å²) < 4.78 is 7.35. The number of nitrogens with zero attached hydrogens (tertiary/aromatic N) is 2. The summed E-state index contributed by atoms with van der Waals surface area (Å²) >= 11 is 0. The highest BCUT2D eigenvalue weighted by molar-refractivity contribution is 5.93. The Morgan fingerprint density at radius 1 is 1.42 bits per heavy atom. The number of amides is 1. The average Bonchev–Trinajstić information content (AvgIpc) is 2.87. The van der Waals surface area contributed by atoms with Gasteiger partial charge in [-0.2, -0.15) is 0 Å². The monoisotopic (exact) mass is 257 g/mol. The fourth-order valence-electron chi connectivity index (χ4n) is 2.10. The molecule has 3 rings (SSSR count). The van der Waals surface area contributed by atoms with Crippen LogP contribution in [0.2, 0.25) is 0 Å². The second-order valence-electron chi connectivity index (χ2n) is 4.65. The Morgan fingerprint density at radius 3 is 2.95 bits per heavy atom. The number of aromatic nitrogens is 2. The maximum atomic E-state index is 11.7. The van der Waals surface area contributed by atoms with Crippen LogP contribution in [0.25, 0.3) is 0 Å². The van der Waals surface area contributed by atoms with E-state index in [0.717, 1.165) is 5.56 Å². The average molecular weight is 257 g/mol. The van der Waals surface area contributed by atoms with Crippen LogP contribution in [-0.4, -0.2) is 22.2 Å². The van der Waals surface area contributed by atoms with Crippen LogP contribution in [0.4, 0.5) is 0 Å². The fourth-order valence-corrected chi connectivity index (χ4v) is 2.10. The van der Waals surface area contributed by atoms with Crippen molar-refractivity contribution in [3.8, 4) is 5.88 Å². The third kappa shape index (κ3) is 2.31. The van der Waals surface area contributed by atoms with Crippen molar-refractivity contribution in [3.05, 3.63) is 47.7 Å². The van der Waals surface area contributed by atoms with Crippen LogP contribution >= 0.6 is 0 Å². The molecular formula is C14H15N3O2. The predicted octanol–water partition coefficient (Wildman–Crippen LogP) is 1.77. The molecule has 0 saturated carbocycles. The first kappa shape index (κ1) is 11.8. The largest absolute Gasteiger partial charge is 0.472 e. The van der Waals surface area contributed by atoms with E-state index in [1.54, 1.807) is 10.7 Å². The van der Waals surface area contributed by atoms with E-state index in [9.17, 15) is 4.79 Å². The Labute approximate surface area is 111 Å². The zero-order chi connectivity index (χ0) is 13.2. The number of rotatable bonds is 3. The number of benzene rings is 1. The van der Waals surface area contributed by atoms with E-state index in [4.69, 9.17) is 4.74 Å². The Morgan fingerprint density at radius 2 is 2.21 bits per heavy atom. The van der Waals surface area contributed by atoms with E-state index in [1.807, 2.05) is 37.3 Å². The van der Waals surface area contributed by atoms with Crippen molar-refractivity contribution in [2.75, 3.05) is 6.54 Å². The molecule has 5 heteroatoms. The molecule has 0 fully saturated rings. The molecule has 0 bridgehead atoms. The first-order valence-electron chi connectivity index (χ1n) is 6.28. The molecule has 1 atom stereocenters. The highest BCUT2D eigenvalue weighted by atomic mass is 16.5. The van der Waals surface area contributed by atoms with Gasteiger partial charge in [-0.1, -0.05) is 30.3 Å². The van der Waals surface area contributed by atoms with Gasteiger partial charge in [0.15, 0.2) is 0 Å². The molecule has 0 radical (unpaired) electrons. The number of hydrogen-bond donors (Lipinski definition) is 1. The van der Waals surface area contributed by atoms with Crippen molar-refractivity contribution in [2.24, 2.45) is 0 Å². The van der Waals surface area contributed by atoms with E-state index in [0.29, 0.717) is 24.7 Å². The lowest BCUT2D eigenvalue weighted by atomic mass is 10.2. The minimum atomic E-state index is -0.0971. The fraction of sp³-hybridized carbons (Fsp3) is 0.286. The summed E-state index contributed by atoms with van der Waals surface area (Å²) in [5.41, 5.74) is 1.63. The second kappa shape index (κ2) is 4.76. The number of hydrogen-bond acceptors (Lipinski definition) is 3. The molecule has 1 N–H and O–H groups in total. The Kier molecular flexibility index (Phi) is 2.95. The van der Waals surface area contributed by atoms with Gasteiger partial charge in [0.25, 0.3) is 5.91 Å². The van der Waals surface area contributed by atoms with Gasteiger partial charge in [0.2, 0.25) is 5.88 Å². The van der Waals surface area contributed by atoms with Crippen LogP contribution in [-0.2, 0) is 6.61 Å². The molecule has 0 spiro atoms. The molecule has 1 aromatic heterocycles. The second-order valence-corrected chi connectivity index (χ2v) is 4.65. The van der Waals surface area contributed by atoms with Gasteiger partial charge in [-0.25, -0.2) is 0 Å². The Bertz CT molecular complexity index is 592. The smallest absolute Gasteiger partial charge is 0.269 e. The predicted molar refractivity (Wildman–Crippen MR) is 70.0 cm³/mol. The quantitative estimate of drug-likeness (QED) is 0.911. The van der Waals surface area contributed by atoms with Gasteiger partial charge in [0.1, 0.15) is 12.3 Å². The van der Waals surface area contributed by atoms with Gasteiger partial charge in [-0.05, 0) is 12.5 Å². The van der Waals surface area contributed by atoms with E-state index < -0.39 is 0 Å². The Balaban J connectivity index is 1.76. The number of carbonyl (C=O) groups is 1. The van der Waals surface area contributed by atoms with Crippen molar-refractivity contribution in [2.45, 2.75) is 19.6 Å². The summed E-state index contributed by atoms with van der Waals surface area (Å²) in [5, 5.41) is 7.15. The number of nitrogens with one attached hydrogen (secondary N) is 1. The molecule has 1 aliphatic heterocycles. The minimum absolute atomic E-state index is 0.0971. The molecule has 5 nitrogen and oxygen atoms in total. The van der Waals surface area contributed by atoms with Gasteiger partial charge in [-0.15, -0.1) is 5.10 Å². The first-order chi connectivity index (χ1) is 9.24. The van der Waals surface area contributed by atoms with Crippen LogP contribution in [0.15, 0.2) is 36.4 Å². The van der Waals surface area contributed by atoms with Gasteiger partial charge in [0, 0.05) is 12.6 Å². The third-order valence-corrected chi connectivity index (χ3v) is 3.15. The number of fused-ring (bicyclic) bond motifs is 1. The van der Waals surface area contributed by atoms with Crippen LogP contribution < -0.4 is 10.1 Å². The highest BCUT2D eigenvalue weighted by Gasteiger charge is 2.24. The molecule has 1 amide bonds. The summed E-state index contributed by atoms with van der Waals surface area (Å²) in [7, 11) is 0. The van der Waals surface area contributed by atoms with Gasteiger partial charge < -0.3 is 10.1 Å². The topological polar surface area (TPSA) is 56.1 Å². The standard InChI is InChI=1S/C14H15N3O2/c1-10-8-15-14(18)12-7-13(16-17(10)12)19-9-11-5-3-2-4-6-11/h2-7,10H,8-9H2,1H3,(H,15,18)/t10-/m0/s1. The SMILES string of the molecule is C[C@H]1CNC(=O)c2cc(OCc3ccccc3)nn21. The molecule has 2 aromatic rings. The molecule has 0 unspecified atom stereocenters. The normalized spacial score (nSPS) is 17.7. The van der Waals surface area contributed by atoms with Gasteiger partial charge in [0.05, 0.1) is 6.04 Å². The van der Waals surface area contributed by atoms with Crippen LogP contribution in [0.1, 0.15) is 29.0 Å². The molecule has 1 aromatic carbocycles. The molecule has 1 aliphatic rings. The zero-order valence-electron chi connectivity index (χ0n) is 10.7. The number of ether oxygens (including phenoxy) is 1. The maximum Gasteiger partial charge on any atom is 0.269 e. The number of carbonyl (C=O) groups excluding carboxylic acids is 1. The summed E-state index contributed by atoms with van der Waals surface area (Å²) in [4.78, 5) is 11.7. The molecule has 19 heavy (non-hydrogen) atoms. The van der Waals surface area contributed by atoms with Crippen LogP contribution in [0.5, 0.6) is 5.88 Å². The Hall–Kier alpha value is -2.30. The third-order valence-electron chi connectivity index (χ3n) is 3.15. The van der Waals surface area contributed by atoms with Gasteiger partial charge in [-0.3, -0.25) is 9.48 Å². The van der Waals surface area contributed by atoms with Crippen molar-refractivity contribution in [1.29, 1.82) is 0 Å². The highest BCUT2D eigenvalue weighted by Crippen LogP contribution is 2.20. The van der Waals surface area contributed by atoms with Crippen molar-refractivity contribution >= 4 is 5.91 Å².